The normalized spacial score (nSPS) is 21.4. The van der Waals surface area contributed by atoms with Crippen LogP contribution in [-0.4, -0.2) is 49.8 Å². The predicted octanol–water partition coefficient (Wildman–Crippen LogP) is 7.85. The number of hydrogen-bond donors (Lipinski definition) is 0. The number of alkyl halides is 9. The minimum Gasteiger partial charge on any atom is -0.207 e. The second-order valence-corrected chi connectivity index (χ2v) is 12.5. The molecule has 1 unspecified atom stereocenters. The molecule has 0 aromatic heterocycles. The molecule has 1 heterocycles. The molecule has 0 saturated carbocycles. The van der Waals surface area contributed by atoms with Crippen LogP contribution in [-0.2, 0) is 10.0 Å². The lowest BCUT2D eigenvalue weighted by atomic mass is 9.77. The van der Waals surface area contributed by atoms with Gasteiger partial charge in [0.05, 0.1) is 4.90 Å². The average molecular weight is 703 g/mol. The van der Waals surface area contributed by atoms with Crippen molar-refractivity contribution in [3.05, 3.63) is 71.0 Å². The van der Waals surface area contributed by atoms with E-state index in [4.69, 9.17) is 0 Å². The summed E-state index contributed by atoms with van der Waals surface area (Å²) in [5, 5.41) is 0. The van der Waals surface area contributed by atoms with E-state index in [9.17, 15) is 52.3 Å². The topological polar surface area (TPSA) is 37.4 Å². The monoisotopic (exact) mass is 703 g/mol. The Bertz CT molecular complexity index is 1360. The van der Waals surface area contributed by atoms with Crippen LogP contribution in [0, 0.1) is 18.2 Å². The standard InChI is InChI=1S/C24H20F10INO2S/c1-14-3-9-17(10-4-14)39(37,38)36-11-18(19(35)15-5-7-16(25)8-6-15)20(2,13-36)12-21(26,27)22(28,29)23(30,31)24(32,33)34/h3-10H,11-13H2,1-2H3. The van der Waals surface area contributed by atoms with Crippen LogP contribution < -0.4 is 0 Å². The van der Waals surface area contributed by atoms with E-state index in [1.54, 1.807) is 29.5 Å². The summed E-state index contributed by atoms with van der Waals surface area (Å²) in [5.41, 5.74) is -1.74. The summed E-state index contributed by atoms with van der Waals surface area (Å²) in [6, 6.07) is 9.63. The van der Waals surface area contributed by atoms with Gasteiger partial charge in [0.15, 0.2) is 0 Å². The molecule has 0 aliphatic carbocycles. The predicted molar refractivity (Wildman–Crippen MR) is 131 cm³/mol. The number of nitrogens with zero attached hydrogens (tertiary/aromatic N) is 1. The Hall–Kier alpha value is -1.88. The molecule has 1 aliphatic rings. The zero-order chi connectivity index (χ0) is 29.8. The fourth-order valence-corrected chi connectivity index (χ4v) is 6.93. The molecule has 1 atom stereocenters. The summed E-state index contributed by atoms with van der Waals surface area (Å²) in [5.74, 6) is -20.6. The van der Waals surface area contributed by atoms with E-state index < -0.39 is 64.7 Å². The molecule has 0 spiro atoms. The van der Waals surface area contributed by atoms with Crippen molar-refractivity contribution >= 4 is 36.2 Å². The highest BCUT2D eigenvalue weighted by Gasteiger charge is 2.82. The Kier molecular flexibility index (Phi) is 8.27. The van der Waals surface area contributed by atoms with Gasteiger partial charge in [-0.2, -0.15) is 43.8 Å². The third kappa shape index (κ3) is 5.67. The minimum absolute atomic E-state index is 0.0124. The molecule has 0 radical (unpaired) electrons. The highest BCUT2D eigenvalue weighted by atomic mass is 127. The van der Waals surface area contributed by atoms with Crippen molar-refractivity contribution in [1.29, 1.82) is 0 Å². The number of benzene rings is 2. The van der Waals surface area contributed by atoms with Crippen LogP contribution in [0.1, 0.15) is 24.5 Å². The Balaban J connectivity index is 2.15. The molecule has 0 N–H and O–H groups in total. The molecule has 39 heavy (non-hydrogen) atoms. The first-order chi connectivity index (χ1) is 17.6. The largest absolute Gasteiger partial charge is 0.460 e. The average Bonchev–Trinajstić information content (AvgIpc) is 3.15. The maximum atomic E-state index is 14.8. The molecule has 216 valence electrons. The Morgan fingerprint density at radius 2 is 1.41 bits per heavy atom. The number of halogens is 11. The smallest absolute Gasteiger partial charge is 0.207 e. The summed E-state index contributed by atoms with van der Waals surface area (Å²) in [7, 11) is -4.45. The molecule has 0 amide bonds. The number of sulfonamides is 1. The summed E-state index contributed by atoms with van der Waals surface area (Å²) >= 11 is 1.58. The van der Waals surface area contributed by atoms with Crippen molar-refractivity contribution in [3.8, 4) is 0 Å². The molecule has 0 bridgehead atoms. The van der Waals surface area contributed by atoms with Crippen molar-refractivity contribution < 1.29 is 52.3 Å². The molecule has 1 aliphatic heterocycles. The summed E-state index contributed by atoms with van der Waals surface area (Å²) in [6.45, 7) is 0.939. The van der Waals surface area contributed by atoms with Gasteiger partial charge in [0.2, 0.25) is 10.0 Å². The Morgan fingerprint density at radius 1 is 0.897 bits per heavy atom. The van der Waals surface area contributed by atoms with E-state index in [1.807, 2.05) is 0 Å². The van der Waals surface area contributed by atoms with E-state index in [1.165, 1.54) is 36.4 Å². The van der Waals surface area contributed by atoms with Gasteiger partial charge in [0.25, 0.3) is 0 Å². The highest BCUT2D eigenvalue weighted by Crippen LogP contribution is 2.58. The van der Waals surface area contributed by atoms with Gasteiger partial charge < -0.3 is 0 Å². The molecule has 2 aromatic rings. The lowest BCUT2D eigenvalue weighted by Gasteiger charge is -2.38. The number of aryl methyl sites for hydroxylation is 1. The fourth-order valence-electron chi connectivity index (χ4n) is 4.21. The van der Waals surface area contributed by atoms with Crippen LogP contribution in [0.5, 0.6) is 0 Å². The van der Waals surface area contributed by atoms with Crippen LogP contribution in [0.3, 0.4) is 0 Å². The van der Waals surface area contributed by atoms with Crippen molar-refractivity contribution in [2.45, 2.75) is 49.1 Å². The summed E-state index contributed by atoms with van der Waals surface area (Å²) in [4.78, 5) is -0.283. The van der Waals surface area contributed by atoms with E-state index in [0.717, 1.165) is 19.1 Å². The highest BCUT2D eigenvalue weighted by molar-refractivity contribution is 14.1. The number of rotatable bonds is 7. The van der Waals surface area contributed by atoms with Crippen LogP contribution in [0.2, 0.25) is 0 Å². The van der Waals surface area contributed by atoms with Gasteiger partial charge in [-0.3, -0.25) is 0 Å². The maximum Gasteiger partial charge on any atom is 0.460 e. The Morgan fingerprint density at radius 3 is 1.90 bits per heavy atom. The van der Waals surface area contributed by atoms with Crippen LogP contribution in [0.15, 0.2) is 59.0 Å². The molecule has 2 aromatic carbocycles. The zero-order valence-corrected chi connectivity index (χ0v) is 23.0. The van der Waals surface area contributed by atoms with E-state index in [0.29, 0.717) is 9.87 Å². The molecule has 1 fully saturated rings. The molecule has 1 saturated heterocycles. The number of hydrogen-bond acceptors (Lipinski definition) is 2. The molecule has 3 nitrogen and oxygen atoms in total. The molecular formula is C24H20F10INO2S. The fraction of sp³-hybridized carbons (Fsp3) is 0.417. The maximum absolute atomic E-state index is 14.8. The zero-order valence-electron chi connectivity index (χ0n) is 20.1. The van der Waals surface area contributed by atoms with Crippen LogP contribution >= 0.6 is 22.6 Å². The van der Waals surface area contributed by atoms with Crippen LogP contribution in [0.25, 0.3) is 3.58 Å². The molecule has 15 heteroatoms. The van der Waals surface area contributed by atoms with Gasteiger partial charge >= 0.3 is 23.9 Å². The van der Waals surface area contributed by atoms with Gasteiger partial charge in [-0.15, -0.1) is 0 Å². The van der Waals surface area contributed by atoms with E-state index in [-0.39, 0.29) is 19.6 Å². The summed E-state index contributed by atoms with van der Waals surface area (Å²) in [6.07, 6.45) is -9.24. The van der Waals surface area contributed by atoms with Crippen molar-refractivity contribution in [2.75, 3.05) is 13.1 Å². The first-order valence-corrected chi connectivity index (χ1v) is 13.5. The first kappa shape index (κ1) is 31.6. The second kappa shape index (κ2) is 10.2. The van der Waals surface area contributed by atoms with Gasteiger partial charge in [0.1, 0.15) is 5.82 Å². The lowest BCUT2D eigenvalue weighted by molar-refractivity contribution is -0.398. The van der Waals surface area contributed by atoms with E-state index >= 15 is 0 Å². The Labute approximate surface area is 231 Å². The van der Waals surface area contributed by atoms with Gasteiger partial charge in [-0.1, -0.05) is 36.8 Å². The third-order valence-electron chi connectivity index (χ3n) is 6.43. The third-order valence-corrected chi connectivity index (χ3v) is 9.51. The van der Waals surface area contributed by atoms with Gasteiger partial charge in [-0.25, -0.2) is 12.8 Å². The molecular weight excluding hydrogens is 683 g/mol. The second-order valence-electron chi connectivity index (χ2n) is 9.47. The van der Waals surface area contributed by atoms with Crippen molar-refractivity contribution in [3.63, 3.8) is 0 Å². The first-order valence-electron chi connectivity index (χ1n) is 11.0. The summed E-state index contributed by atoms with van der Waals surface area (Å²) < 4.78 is 164. The van der Waals surface area contributed by atoms with E-state index in [2.05, 4.69) is 0 Å². The minimum atomic E-state index is -7.08. The molecule has 3 rings (SSSR count). The van der Waals surface area contributed by atoms with Crippen LogP contribution in [0.4, 0.5) is 43.9 Å². The quantitative estimate of drug-likeness (QED) is 0.218. The van der Waals surface area contributed by atoms with Gasteiger partial charge in [0, 0.05) is 28.5 Å². The van der Waals surface area contributed by atoms with Crippen molar-refractivity contribution in [1.82, 2.24) is 4.31 Å². The SMILES string of the molecule is Cc1ccc(S(=O)(=O)N2CC(=C(I)c3ccc(F)cc3)C(C)(CC(F)(F)C(F)(F)C(F)(F)C(F)(F)F)C2)cc1. The van der Waals surface area contributed by atoms with Crippen molar-refractivity contribution in [2.24, 2.45) is 5.41 Å². The van der Waals surface area contributed by atoms with Gasteiger partial charge in [-0.05, 0) is 64.9 Å². The lowest BCUT2D eigenvalue weighted by Crippen LogP contribution is -2.61.